The average Bonchev–Trinajstić information content (AvgIpc) is 2.96. The summed E-state index contributed by atoms with van der Waals surface area (Å²) in [5.41, 5.74) is 1.62. The van der Waals surface area contributed by atoms with Crippen LogP contribution in [-0.2, 0) is 19.6 Å². The van der Waals surface area contributed by atoms with Crippen molar-refractivity contribution in [2.45, 2.75) is 51.5 Å². The Bertz CT molecular complexity index is 828. The first-order valence-electron chi connectivity index (χ1n) is 9.07. The molecule has 2 rings (SSSR count). The number of nitrogens with one attached hydrogen (secondary N) is 2. The summed E-state index contributed by atoms with van der Waals surface area (Å²) in [7, 11) is -3.62. The van der Waals surface area contributed by atoms with E-state index in [2.05, 4.69) is 10.0 Å². The Hall–Kier alpha value is -1.93. The first-order chi connectivity index (χ1) is 12.4. The molecule has 0 saturated carbocycles. The van der Waals surface area contributed by atoms with E-state index in [0.717, 1.165) is 11.1 Å². The van der Waals surface area contributed by atoms with Gasteiger partial charge in [-0.05, 0) is 57.9 Å². The number of carbonyl (C=O) groups excluding carboxylic acids is 2. The van der Waals surface area contributed by atoms with Crippen LogP contribution in [0.1, 0.15) is 38.3 Å². The number of rotatable bonds is 6. The molecule has 0 bridgehead atoms. The molecule has 1 fully saturated rings. The third kappa shape index (κ3) is 5.29. The molecule has 1 unspecified atom stereocenters. The Morgan fingerprint density at radius 3 is 2.41 bits per heavy atom. The first-order valence-corrected chi connectivity index (χ1v) is 10.6. The summed E-state index contributed by atoms with van der Waals surface area (Å²) in [6, 6.07) is 4.96. The maximum atomic E-state index is 12.3. The Morgan fingerprint density at radius 2 is 1.85 bits per heavy atom. The third-order valence-corrected chi connectivity index (χ3v) is 6.27. The maximum absolute atomic E-state index is 12.3. The molecule has 1 aromatic carbocycles. The molecule has 1 aromatic rings. The van der Waals surface area contributed by atoms with Crippen molar-refractivity contribution in [3.63, 3.8) is 0 Å². The van der Waals surface area contributed by atoms with E-state index in [9.17, 15) is 18.0 Å². The van der Waals surface area contributed by atoms with Crippen molar-refractivity contribution >= 4 is 21.8 Å². The predicted molar refractivity (Wildman–Crippen MR) is 104 cm³/mol. The van der Waals surface area contributed by atoms with Gasteiger partial charge in [-0.1, -0.05) is 6.07 Å². The van der Waals surface area contributed by atoms with Crippen molar-refractivity contribution in [1.82, 2.24) is 14.9 Å². The number of benzene rings is 1. The van der Waals surface area contributed by atoms with Gasteiger partial charge in [0.2, 0.25) is 21.8 Å². The minimum Gasteiger partial charge on any atom is -0.354 e. The molecule has 7 nitrogen and oxygen atoms in total. The number of hydrogen-bond acceptors (Lipinski definition) is 4. The van der Waals surface area contributed by atoms with E-state index >= 15 is 0 Å². The fourth-order valence-electron chi connectivity index (χ4n) is 3.01. The SMILES string of the molecule is Cc1ccc(S(=O)(=O)NCCNC(=O)C2CC(=O)N(C(C)(C)C)C2)cc1C. The topological polar surface area (TPSA) is 95.6 Å². The molecule has 150 valence electrons. The summed E-state index contributed by atoms with van der Waals surface area (Å²) >= 11 is 0. The molecule has 8 heteroatoms. The van der Waals surface area contributed by atoms with Gasteiger partial charge in [-0.3, -0.25) is 9.59 Å². The van der Waals surface area contributed by atoms with E-state index in [1.807, 2.05) is 34.6 Å². The average molecular weight is 396 g/mol. The van der Waals surface area contributed by atoms with Gasteiger partial charge in [0.05, 0.1) is 10.8 Å². The van der Waals surface area contributed by atoms with Gasteiger partial charge in [-0.25, -0.2) is 13.1 Å². The van der Waals surface area contributed by atoms with Crippen LogP contribution in [0.3, 0.4) is 0 Å². The molecule has 0 aromatic heterocycles. The molecular weight excluding hydrogens is 366 g/mol. The molecule has 1 aliphatic heterocycles. The maximum Gasteiger partial charge on any atom is 0.240 e. The van der Waals surface area contributed by atoms with Gasteiger partial charge in [-0.15, -0.1) is 0 Å². The van der Waals surface area contributed by atoms with Gasteiger partial charge < -0.3 is 10.2 Å². The first kappa shape index (κ1) is 21.4. The number of aryl methyl sites for hydroxylation is 2. The molecule has 1 heterocycles. The van der Waals surface area contributed by atoms with Crippen molar-refractivity contribution in [2.24, 2.45) is 5.92 Å². The van der Waals surface area contributed by atoms with Crippen molar-refractivity contribution < 1.29 is 18.0 Å². The summed E-state index contributed by atoms with van der Waals surface area (Å²) in [6.07, 6.45) is 0.192. The molecule has 0 radical (unpaired) electrons. The summed E-state index contributed by atoms with van der Waals surface area (Å²) in [6.45, 7) is 10.2. The van der Waals surface area contributed by atoms with E-state index in [1.165, 1.54) is 0 Å². The van der Waals surface area contributed by atoms with E-state index < -0.39 is 15.9 Å². The van der Waals surface area contributed by atoms with Gasteiger partial charge in [0.15, 0.2) is 0 Å². The summed E-state index contributed by atoms with van der Waals surface area (Å²) in [5.74, 6) is -0.647. The highest BCUT2D eigenvalue weighted by Crippen LogP contribution is 2.25. The number of nitrogens with zero attached hydrogens (tertiary/aromatic N) is 1. The van der Waals surface area contributed by atoms with E-state index in [4.69, 9.17) is 0 Å². The normalized spacial score (nSPS) is 18.0. The number of sulfonamides is 1. The van der Waals surface area contributed by atoms with Gasteiger partial charge in [0.1, 0.15) is 0 Å². The van der Waals surface area contributed by atoms with Crippen molar-refractivity contribution in [3.8, 4) is 0 Å². The lowest BCUT2D eigenvalue weighted by atomic mass is 10.1. The Morgan fingerprint density at radius 1 is 1.19 bits per heavy atom. The van der Waals surface area contributed by atoms with Gasteiger partial charge in [-0.2, -0.15) is 0 Å². The standard InChI is InChI=1S/C19H29N3O4S/c1-13-6-7-16(10-14(13)2)27(25,26)21-9-8-20-18(24)15-11-17(23)22(12-15)19(3,4)5/h6-7,10,15,21H,8-9,11-12H2,1-5H3,(H,20,24). The molecular formula is C19H29N3O4S. The summed E-state index contributed by atoms with van der Waals surface area (Å²) in [5, 5.41) is 2.72. The van der Waals surface area contributed by atoms with E-state index in [0.29, 0.717) is 6.54 Å². The largest absolute Gasteiger partial charge is 0.354 e. The number of likely N-dealkylation sites (tertiary alicyclic amines) is 1. The summed E-state index contributed by atoms with van der Waals surface area (Å²) in [4.78, 5) is 26.2. The van der Waals surface area contributed by atoms with Crippen molar-refractivity contribution in [1.29, 1.82) is 0 Å². The minimum absolute atomic E-state index is 0.0295. The highest BCUT2D eigenvalue weighted by molar-refractivity contribution is 7.89. The van der Waals surface area contributed by atoms with Gasteiger partial charge in [0.25, 0.3) is 0 Å². The molecule has 0 aliphatic carbocycles. The fraction of sp³-hybridized carbons (Fsp3) is 0.579. The zero-order valence-corrected chi connectivity index (χ0v) is 17.4. The van der Waals surface area contributed by atoms with Crippen LogP contribution in [-0.4, -0.2) is 50.3 Å². The highest BCUT2D eigenvalue weighted by Gasteiger charge is 2.39. The van der Waals surface area contributed by atoms with E-state index in [-0.39, 0.29) is 41.8 Å². The quantitative estimate of drug-likeness (QED) is 0.711. The lowest BCUT2D eigenvalue weighted by Crippen LogP contribution is -2.43. The lowest BCUT2D eigenvalue weighted by molar-refractivity contribution is -0.132. The number of carbonyl (C=O) groups is 2. The van der Waals surface area contributed by atoms with Crippen LogP contribution < -0.4 is 10.0 Å². The van der Waals surface area contributed by atoms with Crippen LogP contribution in [0.4, 0.5) is 0 Å². The molecule has 1 aliphatic rings. The second-order valence-electron chi connectivity index (χ2n) is 8.01. The van der Waals surface area contributed by atoms with Crippen LogP contribution >= 0.6 is 0 Å². The smallest absolute Gasteiger partial charge is 0.240 e. The molecule has 27 heavy (non-hydrogen) atoms. The predicted octanol–water partition coefficient (Wildman–Crippen LogP) is 1.34. The van der Waals surface area contributed by atoms with Crippen LogP contribution in [0, 0.1) is 19.8 Å². The fourth-order valence-corrected chi connectivity index (χ4v) is 4.13. The third-order valence-electron chi connectivity index (χ3n) is 4.81. The molecule has 2 N–H and O–H groups in total. The van der Waals surface area contributed by atoms with E-state index in [1.54, 1.807) is 23.1 Å². The molecule has 1 atom stereocenters. The van der Waals surface area contributed by atoms with Crippen molar-refractivity contribution in [3.05, 3.63) is 29.3 Å². The Labute approximate surface area is 161 Å². The van der Waals surface area contributed by atoms with Gasteiger partial charge >= 0.3 is 0 Å². The van der Waals surface area contributed by atoms with Crippen LogP contribution in [0.25, 0.3) is 0 Å². The van der Waals surface area contributed by atoms with Crippen LogP contribution in [0.5, 0.6) is 0 Å². The minimum atomic E-state index is -3.62. The Balaban J connectivity index is 1.83. The Kier molecular flexibility index (Phi) is 6.32. The second kappa shape index (κ2) is 7.98. The molecule has 2 amide bonds. The molecule has 1 saturated heterocycles. The van der Waals surface area contributed by atoms with Crippen molar-refractivity contribution in [2.75, 3.05) is 19.6 Å². The zero-order chi connectivity index (χ0) is 20.4. The summed E-state index contributed by atoms with van der Waals surface area (Å²) < 4.78 is 27.1. The lowest BCUT2D eigenvalue weighted by Gasteiger charge is -2.31. The number of hydrogen-bond donors (Lipinski definition) is 2. The molecule has 0 spiro atoms. The second-order valence-corrected chi connectivity index (χ2v) is 9.78. The van der Waals surface area contributed by atoms with Crippen LogP contribution in [0.15, 0.2) is 23.1 Å². The van der Waals surface area contributed by atoms with Gasteiger partial charge in [0, 0.05) is 31.6 Å². The zero-order valence-electron chi connectivity index (χ0n) is 16.6. The monoisotopic (exact) mass is 395 g/mol. The number of amides is 2. The van der Waals surface area contributed by atoms with Crippen LogP contribution in [0.2, 0.25) is 0 Å². The highest BCUT2D eigenvalue weighted by atomic mass is 32.2.